The fraction of sp³-hybridized carbons (Fsp3) is 0.593. The molecule has 4 aliphatic rings. The van der Waals surface area contributed by atoms with Crippen molar-refractivity contribution in [2.45, 2.75) is 45.1 Å². The summed E-state index contributed by atoms with van der Waals surface area (Å²) < 4.78 is 0. The summed E-state index contributed by atoms with van der Waals surface area (Å²) in [5.74, 6) is 1.18. The van der Waals surface area contributed by atoms with Crippen LogP contribution in [-0.2, 0) is 0 Å². The fourth-order valence-corrected chi connectivity index (χ4v) is 6.06. The maximum Gasteiger partial charge on any atom is 0.167 e. The largest absolute Gasteiger partial charge is 0.319 e. The zero-order valence-corrected chi connectivity index (χ0v) is 23.0. The number of rotatable bonds is 9. The summed E-state index contributed by atoms with van der Waals surface area (Å²) in [6, 6.07) is -0.0467. The monoisotopic (exact) mass is 524 g/mol. The highest BCUT2D eigenvalue weighted by atomic mass is 32.2. The Hall–Kier alpha value is -2.40. The first-order valence-corrected chi connectivity index (χ1v) is 14.4. The Balaban J connectivity index is 1.36. The van der Waals surface area contributed by atoms with Gasteiger partial charge in [0.15, 0.2) is 5.17 Å². The van der Waals surface area contributed by atoms with Crippen LogP contribution < -0.4 is 10.6 Å². The van der Waals surface area contributed by atoms with Crippen molar-refractivity contribution in [2.24, 2.45) is 21.8 Å². The quantitative estimate of drug-likeness (QED) is 0.180. The number of quaternary nitrogens is 1. The summed E-state index contributed by atoms with van der Waals surface area (Å²) in [5.41, 5.74) is 2.59. The minimum atomic E-state index is -0.0467. The third kappa shape index (κ3) is 7.34. The number of fused-ring (bicyclic) bond motifs is 1. The second-order valence-electron chi connectivity index (χ2n) is 10.3. The number of hydrogen-bond donors (Lipinski definition) is 5. The van der Waals surface area contributed by atoms with Crippen molar-refractivity contribution in [3.05, 3.63) is 35.3 Å². The summed E-state index contributed by atoms with van der Waals surface area (Å²) in [6.07, 6.45) is 15.0. The van der Waals surface area contributed by atoms with Crippen LogP contribution >= 0.6 is 11.8 Å². The van der Waals surface area contributed by atoms with Crippen molar-refractivity contribution in [3.8, 4) is 0 Å². The van der Waals surface area contributed by atoms with E-state index in [0.717, 1.165) is 81.2 Å². The number of allylic oxidation sites excluding steroid dienone is 2. The van der Waals surface area contributed by atoms with Gasteiger partial charge in [-0.3, -0.25) is 15.8 Å². The lowest BCUT2D eigenvalue weighted by molar-refractivity contribution is -0.588. The molecule has 9 nitrogen and oxygen atoms in total. The molecule has 4 rings (SSSR count). The molecule has 6 N–H and O–H groups in total. The number of nitrogens with zero attached hydrogens (tertiary/aromatic N) is 4. The third-order valence-corrected chi connectivity index (χ3v) is 8.58. The van der Waals surface area contributed by atoms with E-state index in [1.807, 2.05) is 25.5 Å². The molecule has 2 unspecified atom stereocenters. The second-order valence-corrected chi connectivity index (χ2v) is 11.3. The second kappa shape index (κ2) is 13.4. The molecule has 0 bridgehead atoms. The van der Waals surface area contributed by atoms with Gasteiger partial charge in [0.25, 0.3) is 0 Å². The highest BCUT2D eigenvalue weighted by Gasteiger charge is 2.30. The summed E-state index contributed by atoms with van der Waals surface area (Å²) >= 11 is 1.25. The molecular weight excluding hydrogens is 482 g/mol. The molecule has 3 heterocycles. The molecule has 0 aromatic carbocycles. The molecule has 0 spiro atoms. The first-order chi connectivity index (χ1) is 18.0. The summed E-state index contributed by atoms with van der Waals surface area (Å²) in [4.78, 5) is 13.9. The molecule has 1 saturated carbocycles. The number of thioether (sulfide) groups is 1. The minimum absolute atomic E-state index is 0.0467. The standard InChI is InChI=1S/C27H41N9S/c1-19-14-24(35(2)27(30)37-26(29)20-6-3-4-7-20)34-23-15-21(18-33-25(19)23)22(16-28)17-32-8-5-11-36-12-9-31-10-13-36/h14-20,25,28-32H,3-13H2,1-2H3/p+1/b22-17+,28-16?,29-26?,30-27?. The van der Waals surface area contributed by atoms with Crippen molar-refractivity contribution in [1.29, 1.82) is 16.2 Å². The van der Waals surface area contributed by atoms with Gasteiger partial charge in [-0.2, -0.15) is 0 Å². The first-order valence-electron chi connectivity index (χ1n) is 13.6. The van der Waals surface area contributed by atoms with Crippen molar-refractivity contribution in [2.75, 3.05) is 46.3 Å². The average Bonchev–Trinajstić information content (AvgIpc) is 3.46. The molecule has 200 valence electrons. The Kier molecular flexibility index (Phi) is 10.0. The molecule has 2 fully saturated rings. The lowest BCUT2D eigenvalue weighted by atomic mass is 9.90. The third-order valence-electron chi connectivity index (χ3n) is 7.56. The number of nitrogens with one attached hydrogen (secondary N) is 4. The lowest BCUT2D eigenvalue weighted by Gasteiger charge is -2.30. The van der Waals surface area contributed by atoms with E-state index in [4.69, 9.17) is 26.2 Å². The molecule has 37 heavy (non-hydrogen) atoms. The highest BCUT2D eigenvalue weighted by molar-refractivity contribution is 8.26. The predicted octanol–water partition coefficient (Wildman–Crippen LogP) is 2.46. The van der Waals surface area contributed by atoms with E-state index in [0.29, 0.717) is 16.1 Å². The molecule has 2 atom stereocenters. The number of amidine groups is 1. The highest BCUT2D eigenvalue weighted by Crippen LogP contribution is 2.32. The van der Waals surface area contributed by atoms with Crippen LogP contribution in [0, 0.1) is 28.1 Å². The zero-order valence-electron chi connectivity index (χ0n) is 22.2. The van der Waals surface area contributed by atoms with E-state index < -0.39 is 0 Å². The fourth-order valence-electron chi connectivity index (χ4n) is 5.22. The zero-order chi connectivity index (χ0) is 26.2. The molecule has 1 saturated heterocycles. The smallest absolute Gasteiger partial charge is 0.167 e. The molecule has 0 radical (unpaired) electrons. The van der Waals surface area contributed by atoms with Crippen LogP contribution in [0.1, 0.15) is 39.0 Å². The van der Waals surface area contributed by atoms with Crippen molar-refractivity contribution < 1.29 is 5.32 Å². The minimum Gasteiger partial charge on any atom is -0.319 e. The Bertz CT molecular complexity index is 1010. The Labute approximate surface area is 225 Å². The lowest BCUT2D eigenvalue weighted by Crippen LogP contribution is -2.78. The van der Waals surface area contributed by atoms with Crippen LogP contribution in [0.4, 0.5) is 0 Å². The Morgan fingerprint density at radius 3 is 2.76 bits per heavy atom. The Morgan fingerprint density at radius 1 is 1.27 bits per heavy atom. The molecule has 0 aromatic rings. The Morgan fingerprint density at radius 2 is 2.03 bits per heavy atom. The van der Waals surface area contributed by atoms with Crippen molar-refractivity contribution in [1.82, 2.24) is 15.1 Å². The molecular formula is C27H42N9S+. The van der Waals surface area contributed by atoms with Gasteiger partial charge >= 0.3 is 0 Å². The SMILES string of the molecule is CC1C=C(N(C)C(=N)SC(=N)C2CCCC2)N=C2C=C(/C(C=N)=C/[NH2+]CCCN3CCNCC3)C=NC21. The van der Waals surface area contributed by atoms with Gasteiger partial charge < -0.3 is 25.8 Å². The average molecular weight is 525 g/mol. The van der Waals surface area contributed by atoms with E-state index in [1.165, 1.54) is 30.8 Å². The maximum atomic E-state index is 8.58. The maximum absolute atomic E-state index is 8.58. The van der Waals surface area contributed by atoms with E-state index in [9.17, 15) is 0 Å². The summed E-state index contributed by atoms with van der Waals surface area (Å²) in [6.45, 7) is 8.63. The van der Waals surface area contributed by atoms with Gasteiger partial charge in [0.05, 0.1) is 28.9 Å². The predicted molar refractivity (Wildman–Crippen MR) is 155 cm³/mol. The van der Waals surface area contributed by atoms with Crippen LogP contribution in [0.25, 0.3) is 0 Å². The van der Waals surface area contributed by atoms with Gasteiger partial charge in [0.2, 0.25) is 0 Å². The van der Waals surface area contributed by atoms with Gasteiger partial charge in [-0.05, 0) is 36.8 Å². The van der Waals surface area contributed by atoms with Crippen molar-refractivity contribution >= 4 is 40.1 Å². The van der Waals surface area contributed by atoms with E-state index in [-0.39, 0.29) is 12.0 Å². The first kappa shape index (κ1) is 27.6. The molecule has 0 amide bonds. The van der Waals surface area contributed by atoms with Gasteiger partial charge in [0, 0.05) is 76.0 Å². The molecule has 10 heteroatoms. The number of dihydropyridines is 1. The van der Waals surface area contributed by atoms with Crippen LogP contribution in [-0.4, -0.2) is 90.5 Å². The summed E-state index contributed by atoms with van der Waals surface area (Å²) in [5, 5.41) is 31.4. The topological polar surface area (TPSA) is 131 Å². The van der Waals surface area contributed by atoms with Crippen molar-refractivity contribution in [3.63, 3.8) is 0 Å². The van der Waals surface area contributed by atoms with Gasteiger partial charge in [-0.1, -0.05) is 19.8 Å². The van der Waals surface area contributed by atoms with Crippen LogP contribution in [0.5, 0.6) is 0 Å². The normalized spacial score (nSPS) is 24.7. The number of aliphatic imine (C=N–C) groups is 2. The van der Waals surface area contributed by atoms with Gasteiger partial charge in [-0.25, -0.2) is 4.99 Å². The number of hydrogen-bond acceptors (Lipinski definition) is 8. The summed E-state index contributed by atoms with van der Waals surface area (Å²) in [7, 11) is 1.86. The van der Waals surface area contributed by atoms with Crippen LogP contribution in [0.2, 0.25) is 0 Å². The van der Waals surface area contributed by atoms with Gasteiger partial charge in [-0.15, -0.1) is 0 Å². The van der Waals surface area contributed by atoms with E-state index in [2.05, 4.69) is 28.5 Å². The molecule has 3 aliphatic heterocycles. The molecule has 0 aromatic heterocycles. The van der Waals surface area contributed by atoms with Crippen LogP contribution in [0.15, 0.2) is 45.3 Å². The number of piperazine rings is 1. The van der Waals surface area contributed by atoms with E-state index in [1.54, 1.807) is 4.90 Å². The van der Waals surface area contributed by atoms with Gasteiger partial charge in [0.1, 0.15) is 12.0 Å². The van der Waals surface area contributed by atoms with E-state index >= 15 is 0 Å². The van der Waals surface area contributed by atoms with Crippen LogP contribution in [0.3, 0.4) is 0 Å². The number of nitrogens with two attached hydrogens (primary N) is 1. The molecule has 1 aliphatic carbocycles.